The summed E-state index contributed by atoms with van der Waals surface area (Å²) < 4.78 is 18.8. The second kappa shape index (κ2) is 14.4. The van der Waals surface area contributed by atoms with Crippen molar-refractivity contribution in [3.8, 4) is 23.3 Å². The molecule has 10 heteroatoms. The number of carbonyl (C=O) groups is 1. The van der Waals surface area contributed by atoms with Crippen LogP contribution in [0.3, 0.4) is 0 Å². The molecule has 0 bridgehead atoms. The molecule has 6 nitrogen and oxygen atoms in total. The fourth-order valence-corrected chi connectivity index (χ4v) is 4.95. The Morgan fingerprint density at radius 3 is 2.34 bits per heavy atom. The summed E-state index contributed by atoms with van der Waals surface area (Å²) in [6.07, 6.45) is 1.47. The number of hydrogen-bond acceptors (Lipinski definition) is 5. The summed E-state index contributed by atoms with van der Waals surface area (Å²) in [5, 5.41) is 13.5. The Labute approximate surface area is 264 Å². The number of nitriles is 1. The van der Waals surface area contributed by atoms with Crippen molar-refractivity contribution in [2.45, 2.75) is 13.2 Å². The Bertz CT molecular complexity index is 1620. The fourth-order valence-electron chi connectivity index (χ4n) is 3.65. The normalized spacial score (nSPS) is 11.0. The summed E-state index contributed by atoms with van der Waals surface area (Å²) in [5.74, 6) is 0.955. The number of methoxy groups -OCH3 is 1. The maximum Gasteiger partial charge on any atom is 0.266 e. The summed E-state index contributed by atoms with van der Waals surface area (Å²) in [5.41, 5.74) is 2.78. The van der Waals surface area contributed by atoms with Gasteiger partial charge in [-0.1, -0.05) is 57.3 Å². The molecule has 0 aliphatic heterocycles. The highest BCUT2D eigenvalue weighted by atomic mass is 79.9. The highest BCUT2D eigenvalue weighted by molar-refractivity contribution is 9.10. The molecule has 0 spiro atoms. The number of nitrogens with one attached hydrogen (secondary N) is 1. The van der Waals surface area contributed by atoms with E-state index in [1.807, 2.05) is 30.3 Å². The van der Waals surface area contributed by atoms with E-state index in [-0.39, 0.29) is 12.2 Å². The molecule has 0 radical (unpaired) electrons. The largest absolute Gasteiger partial charge is 0.493 e. The Morgan fingerprint density at radius 1 is 0.951 bits per heavy atom. The average Bonchev–Trinajstić information content (AvgIpc) is 2.96. The number of halogens is 4. The quantitative estimate of drug-likeness (QED) is 0.131. The Morgan fingerprint density at radius 2 is 1.68 bits per heavy atom. The van der Waals surface area contributed by atoms with E-state index in [4.69, 9.17) is 37.4 Å². The zero-order chi connectivity index (χ0) is 29.4. The Kier molecular flexibility index (Phi) is 10.7. The van der Waals surface area contributed by atoms with Crippen LogP contribution in [0.1, 0.15) is 16.7 Å². The van der Waals surface area contributed by atoms with E-state index >= 15 is 0 Å². The molecule has 0 saturated heterocycles. The molecule has 0 fully saturated rings. The van der Waals surface area contributed by atoms with Crippen molar-refractivity contribution < 1.29 is 19.0 Å². The molecular weight excluding hydrogens is 695 g/mol. The summed E-state index contributed by atoms with van der Waals surface area (Å²) in [6, 6.07) is 25.3. The molecule has 0 saturated carbocycles. The van der Waals surface area contributed by atoms with Crippen molar-refractivity contribution in [2.75, 3.05) is 12.4 Å². The van der Waals surface area contributed by atoms with E-state index in [2.05, 4.69) is 37.2 Å². The van der Waals surface area contributed by atoms with E-state index in [1.165, 1.54) is 13.2 Å². The molecule has 4 aromatic rings. The van der Waals surface area contributed by atoms with Gasteiger partial charge in [-0.05, 0) is 93.8 Å². The number of benzene rings is 4. The Balaban J connectivity index is 1.42. The highest BCUT2D eigenvalue weighted by Gasteiger charge is 2.15. The minimum absolute atomic E-state index is 0.0869. The van der Waals surface area contributed by atoms with Crippen molar-refractivity contribution in [3.05, 3.63) is 120 Å². The van der Waals surface area contributed by atoms with E-state index in [0.29, 0.717) is 49.6 Å². The van der Waals surface area contributed by atoms with Gasteiger partial charge in [0.05, 0.1) is 11.6 Å². The van der Waals surface area contributed by atoms with Crippen molar-refractivity contribution in [1.82, 2.24) is 0 Å². The van der Waals surface area contributed by atoms with E-state index in [0.717, 1.165) is 15.6 Å². The molecule has 0 atom stereocenters. The van der Waals surface area contributed by atoms with Gasteiger partial charge in [0.2, 0.25) is 0 Å². The summed E-state index contributed by atoms with van der Waals surface area (Å²) >= 11 is 19.1. The van der Waals surface area contributed by atoms with Crippen LogP contribution >= 0.6 is 55.1 Å². The topological polar surface area (TPSA) is 80.6 Å². The smallest absolute Gasteiger partial charge is 0.266 e. The lowest BCUT2D eigenvalue weighted by Crippen LogP contribution is -2.13. The molecule has 0 heterocycles. The van der Waals surface area contributed by atoms with Gasteiger partial charge in [-0.2, -0.15) is 5.26 Å². The highest BCUT2D eigenvalue weighted by Crippen LogP contribution is 2.38. The molecule has 0 aliphatic rings. The molecule has 0 unspecified atom stereocenters. The second-order valence-electron chi connectivity index (χ2n) is 8.62. The van der Waals surface area contributed by atoms with Crippen LogP contribution < -0.4 is 19.5 Å². The summed E-state index contributed by atoms with van der Waals surface area (Å²) in [6.45, 7) is 0.595. The van der Waals surface area contributed by atoms with Gasteiger partial charge in [0, 0.05) is 25.8 Å². The number of rotatable bonds is 10. The van der Waals surface area contributed by atoms with Crippen LogP contribution in [0, 0.1) is 11.3 Å². The zero-order valence-electron chi connectivity index (χ0n) is 21.6. The summed E-state index contributed by atoms with van der Waals surface area (Å²) in [7, 11) is 1.50. The van der Waals surface area contributed by atoms with E-state index < -0.39 is 5.91 Å². The number of amides is 1. The minimum atomic E-state index is -0.552. The first kappa shape index (κ1) is 30.5. The SMILES string of the molecule is COc1cc(/C=C(\C#N)C(=O)Nc2ccc(OCc3ccc(Br)cc3)cc2)cc(Br)c1OCc1ccc(Cl)cc1Cl. The first-order valence-corrected chi connectivity index (χ1v) is 14.4. The monoisotopic (exact) mass is 714 g/mol. The van der Waals surface area contributed by atoms with Crippen molar-refractivity contribution in [3.63, 3.8) is 0 Å². The minimum Gasteiger partial charge on any atom is -0.493 e. The first-order chi connectivity index (χ1) is 19.7. The third-order valence-electron chi connectivity index (χ3n) is 5.75. The van der Waals surface area contributed by atoms with E-state index in [9.17, 15) is 10.1 Å². The lowest BCUT2D eigenvalue weighted by molar-refractivity contribution is -0.112. The van der Waals surface area contributed by atoms with Gasteiger partial charge < -0.3 is 19.5 Å². The number of nitrogens with zero attached hydrogens (tertiary/aromatic N) is 1. The molecule has 0 aromatic heterocycles. The van der Waals surface area contributed by atoms with Gasteiger partial charge in [-0.15, -0.1) is 0 Å². The predicted octanol–water partition coefficient (Wildman–Crippen LogP) is 9.23. The van der Waals surface area contributed by atoms with Crippen LogP contribution in [0.2, 0.25) is 10.0 Å². The zero-order valence-corrected chi connectivity index (χ0v) is 26.3. The number of ether oxygens (including phenoxy) is 3. The first-order valence-electron chi connectivity index (χ1n) is 12.1. The lowest BCUT2D eigenvalue weighted by atomic mass is 10.1. The Hall–Kier alpha value is -3.48. The number of anilines is 1. The second-order valence-corrected chi connectivity index (χ2v) is 11.2. The maximum atomic E-state index is 12.9. The average molecular weight is 717 g/mol. The fraction of sp³-hybridized carbons (Fsp3) is 0.0968. The molecule has 4 rings (SSSR count). The number of carbonyl (C=O) groups excluding carboxylic acids is 1. The standard InChI is InChI=1S/C31H22Br2Cl2N2O4/c1-39-29-14-20(13-27(33)30(29)41-18-21-4-7-24(34)15-28(21)35)12-22(16-36)31(38)37-25-8-10-26(11-9-25)40-17-19-2-5-23(32)6-3-19/h2-15H,17-18H2,1H3,(H,37,38)/b22-12+. The molecule has 41 heavy (non-hydrogen) atoms. The van der Waals surface area contributed by atoms with Crippen LogP contribution in [-0.4, -0.2) is 13.0 Å². The van der Waals surface area contributed by atoms with Crippen LogP contribution in [0.5, 0.6) is 17.2 Å². The van der Waals surface area contributed by atoms with Crippen molar-refractivity contribution in [1.29, 1.82) is 5.26 Å². The molecule has 1 amide bonds. The van der Waals surface area contributed by atoms with Crippen LogP contribution in [0.25, 0.3) is 6.08 Å². The third kappa shape index (κ3) is 8.51. The lowest BCUT2D eigenvalue weighted by Gasteiger charge is -2.14. The molecule has 0 aliphatic carbocycles. The van der Waals surface area contributed by atoms with E-state index in [1.54, 1.807) is 54.6 Å². The molecule has 4 aromatic carbocycles. The van der Waals surface area contributed by atoms with Gasteiger partial charge in [0.25, 0.3) is 5.91 Å². The van der Waals surface area contributed by atoms with Gasteiger partial charge in [0.1, 0.15) is 30.6 Å². The molecular formula is C31H22Br2Cl2N2O4. The van der Waals surface area contributed by atoms with Crippen LogP contribution in [-0.2, 0) is 18.0 Å². The van der Waals surface area contributed by atoms with Crippen LogP contribution in [0.15, 0.2) is 93.4 Å². The van der Waals surface area contributed by atoms with Gasteiger partial charge in [-0.3, -0.25) is 4.79 Å². The molecule has 208 valence electrons. The van der Waals surface area contributed by atoms with Crippen LogP contribution in [0.4, 0.5) is 5.69 Å². The summed E-state index contributed by atoms with van der Waals surface area (Å²) in [4.78, 5) is 12.9. The predicted molar refractivity (Wildman–Crippen MR) is 169 cm³/mol. The third-order valence-corrected chi connectivity index (χ3v) is 7.45. The van der Waals surface area contributed by atoms with Crippen molar-refractivity contribution in [2.24, 2.45) is 0 Å². The molecule has 1 N–H and O–H groups in total. The number of hydrogen-bond donors (Lipinski definition) is 1. The van der Waals surface area contributed by atoms with Gasteiger partial charge >= 0.3 is 0 Å². The van der Waals surface area contributed by atoms with Gasteiger partial charge in [0.15, 0.2) is 11.5 Å². The van der Waals surface area contributed by atoms with Gasteiger partial charge in [-0.25, -0.2) is 0 Å². The maximum absolute atomic E-state index is 12.9. The van der Waals surface area contributed by atoms with Crippen molar-refractivity contribution >= 4 is 72.7 Å².